The summed E-state index contributed by atoms with van der Waals surface area (Å²) < 4.78 is 1.73. The number of rotatable bonds is 5. The molecule has 16 nitrogen and oxygen atoms in total. The molecule has 16 heteroatoms. The van der Waals surface area contributed by atoms with Gasteiger partial charge in [-0.05, 0) is 12.1 Å². The molecule has 0 atom stereocenters. The Labute approximate surface area is 186 Å². The third-order valence-electron chi connectivity index (χ3n) is 4.81. The minimum atomic E-state index is -1.17. The average Bonchev–Trinajstić information content (AvgIpc) is 3.12. The molecule has 0 bridgehead atoms. The van der Waals surface area contributed by atoms with Crippen LogP contribution < -0.4 is 33.0 Å². The number of aromatic hydroxyl groups is 4. The third-order valence-corrected chi connectivity index (χ3v) is 4.81. The van der Waals surface area contributed by atoms with E-state index >= 15 is 0 Å². The fraction of sp³-hybridized carbons (Fsp3) is 0.0556. The highest BCUT2D eigenvalue weighted by Crippen LogP contribution is 2.35. The van der Waals surface area contributed by atoms with E-state index in [9.17, 15) is 39.6 Å². The molecule has 176 valence electrons. The summed E-state index contributed by atoms with van der Waals surface area (Å²) in [6.45, 7) is 0. The van der Waals surface area contributed by atoms with Crippen molar-refractivity contribution in [2.75, 3.05) is 17.7 Å². The maximum Gasteiger partial charge on any atom is 0.295 e. The van der Waals surface area contributed by atoms with E-state index in [4.69, 9.17) is 5.73 Å². The lowest BCUT2D eigenvalue weighted by molar-refractivity contribution is 0.100. The zero-order valence-electron chi connectivity index (χ0n) is 17.1. The topological polar surface area (TPSA) is 253 Å². The molecule has 0 saturated carbocycles. The molecule has 0 unspecified atom stereocenters. The Kier molecular flexibility index (Phi) is 4.89. The van der Waals surface area contributed by atoms with Gasteiger partial charge >= 0.3 is 0 Å². The molecule has 0 aliphatic rings. The second-order valence-electron chi connectivity index (χ2n) is 6.82. The highest BCUT2D eigenvalue weighted by Gasteiger charge is 2.23. The minimum absolute atomic E-state index is 0.0983. The summed E-state index contributed by atoms with van der Waals surface area (Å²) in [5, 5.41) is 47.3. The van der Waals surface area contributed by atoms with Gasteiger partial charge in [-0.25, -0.2) is 9.50 Å². The zero-order valence-corrected chi connectivity index (χ0v) is 17.1. The number of primary amides is 1. The Bertz CT molecular complexity index is 1660. The van der Waals surface area contributed by atoms with Gasteiger partial charge < -0.3 is 41.8 Å². The molecule has 1 amide bonds. The number of carbonyl (C=O) groups excluding carboxylic acids is 1. The normalized spacial score (nSPS) is 11.0. The molecule has 4 heterocycles. The molecule has 0 saturated heterocycles. The van der Waals surface area contributed by atoms with Crippen molar-refractivity contribution in [3.05, 3.63) is 55.0 Å². The Morgan fingerprint density at radius 3 is 2.41 bits per heavy atom. The van der Waals surface area contributed by atoms with Gasteiger partial charge in [-0.3, -0.25) is 28.8 Å². The van der Waals surface area contributed by atoms with Gasteiger partial charge in [0.25, 0.3) is 22.6 Å². The largest absolute Gasteiger partial charge is 0.502 e. The molecule has 0 spiro atoms. The number of fused-ring (bicyclic) bond motifs is 1. The summed E-state index contributed by atoms with van der Waals surface area (Å²) in [6, 6.07) is 2.58. The van der Waals surface area contributed by atoms with Crippen LogP contribution in [-0.4, -0.2) is 57.5 Å². The van der Waals surface area contributed by atoms with Crippen LogP contribution in [0.2, 0.25) is 0 Å². The molecule has 0 aromatic carbocycles. The van der Waals surface area contributed by atoms with Crippen LogP contribution in [0.1, 0.15) is 10.4 Å². The van der Waals surface area contributed by atoms with Crippen LogP contribution in [0.25, 0.3) is 11.5 Å². The Hall–Kier alpha value is -5.41. The highest BCUT2D eigenvalue weighted by atomic mass is 16.3. The van der Waals surface area contributed by atoms with Crippen molar-refractivity contribution in [2.24, 2.45) is 5.73 Å². The van der Waals surface area contributed by atoms with Crippen LogP contribution in [-0.2, 0) is 0 Å². The van der Waals surface area contributed by atoms with E-state index in [2.05, 4.69) is 25.7 Å². The fourth-order valence-electron chi connectivity index (χ4n) is 3.23. The predicted octanol–water partition coefficient (Wildman–Crippen LogP) is -1.43. The van der Waals surface area contributed by atoms with Gasteiger partial charge in [0.15, 0.2) is 28.7 Å². The van der Waals surface area contributed by atoms with Crippen LogP contribution in [0.15, 0.2) is 32.7 Å². The number of carbonyl (C=O) groups is 1. The van der Waals surface area contributed by atoms with Crippen molar-refractivity contribution < 1.29 is 25.2 Å². The monoisotopic (exact) mass is 472 g/mol. The van der Waals surface area contributed by atoms with Crippen molar-refractivity contribution in [1.82, 2.24) is 24.1 Å². The predicted molar refractivity (Wildman–Crippen MR) is 116 cm³/mol. The summed E-state index contributed by atoms with van der Waals surface area (Å²) in [5.41, 5.74) is 1.34. The first kappa shape index (κ1) is 21.8. The number of nitrogens with two attached hydrogens (primary N) is 1. The smallest absolute Gasteiger partial charge is 0.295 e. The maximum absolute atomic E-state index is 13.0. The first-order valence-electron chi connectivity index (χ1n) is 9.28. The number of pyridine rings is 2. The number of hydrogen-bond donors (Lipinski definition) is 9. The van der Waals surface area contributed by atoms with E-state index in [0.29, 0.717) is 0 Å². The molecule has 34 heavy (non-hydrogen) atoms. The Morgan fingerprint density at radius 1 is 1.06 bits per heavy atom. The van der Waals surface area contributed by atoms with Gasteiger partial charge in [0.05, 0.1) is 0 Å². The molecule has 4 aromatic heterocycles. The van der Waals surface area contributed by atoms with Crippen LogP contribution in [0, 0.1) is 0 Å². The molecule has 0 fully saturated rings. The number of aromatic amines is 2. The number of nitrogens with one attached hydrogen (secondary N) is 4. The van der Waals surface area contributed by atoms with Crippen molar-refractivity contribution in [1.29, 1.82) is 0 Å². The minimum Gasteiger partial charge on any atom is -0.502 e. The quantitative estimate of drug-likeness (QED) is 0.163. The molecule has 4 rings (SSSR count). The van der Waals surface area contributed by atoms with Crippen LogP contribution in [0.4, 0.5) is 17.3 Å². The molecule has 0 aliphatic heterocycles. The summed E-state index contributed by atoms with van der Waals surface area (Å²) in [4.78, 5) is 54.7. The first-order chi connectivity index (χ1) is 16.1. The second-order valence-corrected chi connectivity index (χ2v) is 6.82. The van der Waals surface area contributed by atoms with E-state index in [0.717, 1.165) is 15.3 Å². The third kappa shape index (κ3) is 3.13. The number of nitrogens with zero attached hydrogens (tertiary/aromatic N) is 3. The number of amides is 1. The molecule has 0 aliphatic carbocycles. The number of aromatic nitrogens is 5. The summed E-state index contributed by atoms with van der Waals surface area (Å²) in [6.07, 6.45) is 1.14. The van der Waals surface area contributed by atoms with Gasteiger partial charge in [-0.1, -0.05) is 0 Å². The van der Waals surface area contributed by atoms with Crippen LogP contribution in [0.5, 0.6) is 23.0 Å². The lowest BCUT2D eigenvalue weighted by atomic mass is 10.3. The number of H-pyrrole nitrogens is 2. The lowest BCUT2D eigenvalue weighted by Crippen LogP contribution is -2.23. The van der Waals surface area contributed by atoms with E-state index in [1.165, 1.54) is 19.2 Å². The van der Waals surface area contributed by atoms with Gasteiger partial charge in [-0.2, -0.15) is 0 Å². The molecule has 0 radical (unpaired) electrons. The lowest BCUT2D eigenvalue weighted by Gasteiger charge is -2.14. The molecular weight excluding hydrogens is 456 g/mol. The van der Waals surface area contributed by atoms with Crippen LogP contribution in [0.3, 0.4) is 0 Å². The maximum atomic E-state index is 13.0. The van der Waals surface area contributed by atoms with Gasteiger partial charge in [0.2, 0.25) is 23.0 Å². The van der Waals surface area contributed by atoms with E-state index in [1.54, 1.807) is 0 Å². The van der Waals surface area contributed by atoms with E-state index in [-0.39, 0.29) is 23.0 Å². The van der Waals surface area contributed by atoms with Crippen molar-refractivity contribution in [2.45, 2.75) is 0 Å². The van der Waals surface area contributed by atoms with Gasteiger partial charge in [0.1, 0.15) is 5.69 Å². The fourth-order valence-corrected chi connectivity index (χ4v) is 3.23. The van der Waals surface area contributed by atoms with E-state index in [1.807, 2.05) is 0 Å². The Morgan fingerprint density at radius 2 is 1.76 bits per heavy atom. The second kappa shape index (κ2) is 7.62. The highest BCUT2D eigenvalue weighted by molar-refractivity contribution is 5.99. The van der Waals surface area contributed by atoms with Crippen molar-refractivity contribution in [3.63, 3.8) is 0 Å². The molecular formula is C18H16N8O8. The van der Waals surface area contributed by atoms with Crippen molar-refractivity contribution in [3.8, 4) is 28.8 Å². The van der Waals surface area contributed by atoms with Crippen LogP contribution >= 0.6 is 0 Å². The molecule has 10 N–H and O–H groups in total. The summed E-state index contributed by atoms with van der Waals surface area (Å²) >= 11 is 0. The average molecular weight is 472 g/mol. The van der Waals surface area contributed by atoms with Crippen molar-refractivity contribution >= 4 is 28.9 Å². The SMILES string of the molecule is CNc1c(O)c(Nc2cccn(-c3[nH]c(=O)c(O)c(O)c3O)c2=O)nc2c(C(N)=O)c(=O)[nH]n12. The summed E-state index contributed by atoms with van der Waals surface area (Å²) in [5.74, 6) is -5.89. The number of hydrogen-bond acceptors (Lipinski definition) is 11. The zero-order chi connectivity index (χ0) is 24.9. The summed E-state index contributed by atoms with van der Waals surface area (Å²) in [7, 11) is 1.41. The standard InChI is InChI=1S/C18H16N8O8/c1-20-14-10(30)12(22-13-6(11(19)31)16(32)24-26(13)14)21-5-3-2-4-25(18(5)34)15-8(28)7(27)9(29)17(33)23-15/h2-4,20,28-30H,1H3,(H2,19,31)(H,21,22)(H,24,32)(H2,23,27,33). The number of anilines is 3. The van der Waals surface area contributed by atoms with Gasteiger partial charge in [0, 0.05) is 13.2 Å². The first-order valence-corrected chi connectivity index (χ1v) is 9.28. The van der Waals surface area contributed by atoms with E-state index < -0.39 is 57.0 Å². The molecule has 4 aromatic rings. The van der Waals surface area contributed by atoms with Gasteiger partial charge in [-0.15, -0.1) is 0 Å². The Balaban J connectivity index is 1.91.